The number of nitrogens with one attached hydrogen (secondary N) is 1. The molecule has 2 aromatic rings. The summed E-state index contributed by atoms with van der Waals surface area (Å²) in [5, 5.41) is 3.00. The van der Waals surface area contributed by atoms with E-state index < -0.39 is 10.0 Å². The van der Waals surface area contributed by atoms with Gasteiger partial charge in [0, 0.05) is 43.9 Å². The summed E-state index contributed by atoms with van der Waals surface area (Å²) in [7, 11) is -3.65. The van der Waals surface area contributed by atoms with E-state index >= 15 is 0 Å². The third-order valence-corrected chi connectivity index (χ3v) is 8.55. The molecule has 2 amide bonds. The highest BCUT2D eigenvalue weighted by Gasteiger charge is 2.33. The lowest BCUT2D eigenvalue weighted by Crippen LogP contribution is -2.41. The van der Waals surface area contributed by atoms with Gasteiger partial charge in [-0.25, -0.2) is 8.42 Å². The van der Waals surface area contributed by atoms with Crippen LogP contribution >= 0.6 is 0 Å². The van der Waals surface area contributed by atoms with Crippen molar-refractivity contribution in [2.75, 3.05) is 29.9 Å². The number of benzene rings is 2. The lowest BCUT2D eigenvalue weighted by molar-refractivity contribution is -0.121. The number of hydrogen-bond donors (Lipinski definition) is 1. The van der Waals surface area contributed by atoms with Crippen LogP contribution < -0.4 is 10.2 Å². The normalized spacial score (nSPS) is 17.5. The van der Waals surface area contributed by atoms with Crippen LogP contribution in [0, 0.1) is 19.8 Å². The summed E-state index contributed by atoms with van der Waals surface area (Å²) >= 11 is 0. The minimum Gasteiger partial charge on any atom is -0.326 e. The van der Waals surface area contributed by atoms with Crippen molar-refractivity contribution in [1.82, 2.24) is 4.31 Å². The first-order valence-corrected chi connectivity index (χ1v) is 12.9. The highest BCUT2D eigenvalue weighted by Crippen LogP contribution is 2.32. The van der Waals surface area contributed by atoms with Gasteiger partial charge in [0.2, 0.25) is 21.8 Å². The van der Waals surface area contributed by atoms with Crippen LogP contribution in [0.15, 0.2) is 41.3 Å². The van der Waals surface area contributed by atoms with Gasteiger partial charge in [0.25, 0.3) is 0 Å². The molecule has 2 aliphatic rings. The predicted molar refractivity (Wildman–Crippen MR) is 129 cm³/mol. The molecule has 1 fully saturated rings. The van der Waals surface area contributed by atoms with Crippen molar-refractivity contribution in [3.8, 4) is 0 Å². The van der Waals surface area contributed by atoms with Crippen LogP contribution in [-0.2, 0) is 26.0 Å². The lowest BCUT2D eigenvalue weighted by Gasteiger charge is -2.32. The van der Waals surface area contributed by atoms with Crippen LogP contribution in [0.5, 0.6) is 0 Å². The highest BCUT2D eigenvalue weighted by molar-refractivity contribution is 7.89. The Morgan fingerprint density at radius 2 is 1.73 bits per heavy atom. The molecule has 0 aliphatic carbocycles. The van der Waals surface area contributed by atoms with Gasteiger partial charge in [-0.2, -0.15) is 4.31 Å². The summed E-state index contributed by atoms with van der Waals surface area (Å²) in [5.41, 5.74) is 4.64. The Hall–Kier alpha value is -2.71. The minimum absolute atomic E-state index is 0.0345. The quantitative estimate of drug-likeness (QED) is 0.741. The molecule has 4 rings (SSSR count). The van der Waals surface area contributed by atoms with Gasteiger partial charge >= 0.3 is 0 Å². The molecule has 33 heavy (non-hydrogen) atoms. The molecule has 176 valence electrons. The van der Waals surface area contributed by atoms with Crippen molar-refractivity contribution in [1.29, 1.82) is 0 Å². The van der Waals surface area contributed by atoms with Crippen LogP contribution in [-0.4, -0.2) is 44.2 Å². The Morgan fingerprint density at radius 1 is 1.00 bits per heavy atom. The largest absolute Gasteiger partial charge is 0.326 e. The van der Waals surface area contributed by atoms with Crippen molar-refractivity contribution in [3.63, 3.8) is 0 Å². The number of nitrogens with zero attached hydrogens (tertiary/aromatic N) is 2. The van der Waals surface area contributed by atoms with E-state index in [1.165, 1.54) is 11.2 Å². The van der Waals surface area contributed by atoms with Gasteiger partial charge in [0.1, 0.15) is 0 Å². The number of rotatable bonds is 4. The first-order chi connectivity index (χ1) is 15.7. The van der Waals surface area contributed by atoms with Crippen LogP contribution in [0.25, 0.3) is 0 Å². The molecule has 1 saturated heterocycles. The van der Waals surface area contributed by atoms with Gasteiger partial charge in [0.15, 0.2) is 0 Å². The molecule has 1 N–H and O–H groups in total. The summed E-state index contributed by atoms with van der Waals surface area (Å²) in [6, 6.07) is 10.9. The molecule has 2 aromatic carbocycles. The van der Waals surface area contributed by atoms with Crippen LogP contribution in [0.2, 0.25) is 0 Å². The summed E-state index contributed by atoms with van der Waals surface area (Å²) in [6.07, 6.45) is 2.54. The molecule has 2 heterocycles. The number of carbonyl (C=O) groups is 2. The van der Waals surface area contributed by atoms with Crippen molar-refractivity contribution >= 4 is 33.2 Å². The summed E-state index contributed by atoms with van der Waals surface area (Å²) in [5.74, 6) is -0.311. The molecule has 0 aromatic heterocycles. The maximum Gasteiger partial charge on any atom is 0.243 e. The number of amides is 2. The zero-order valence-corrected chi connectivity index (χ0v) is 20.2. The molecular weight excluding hydrogens is 438 g/mol. The predicted octanol–water partition coefficient (Wildman–Crippen LogP) is 3.64. The summed E-state index contributed by atoms with van der Waals surface area (Å²) < 4.78 is 28.0. The van der Waals surface area contributed by atoms with Crippen LogP contribution in [0.4, 0.5) is 11.4 Å². The van der Waals surface area contributed by atoms with E-state index in [1.54, 1.807) is 23.1 Å². The maximum absolute atomic E-state index is 13.3. The number of aryl methyl sites for hydroxylation is 3. The smallest absolute Gasteiger partial charge is 0.243 e. The van der Waals surface area contributed by atoms with Gasteiger partial charge in [-0.3, -0.25) is 9.59 Å². The van der Waals surface area contributed by atoms with Gasteiger partial charge < -0.3 is 10.2 Å². The van der Waals surface area contributed by atoms with Crippen molar-refractivity contribution in [2.24, 2.45) is 5.92 Å². The fourth-order valence-electron chi connectivity index (χ4n) is 4.76. The zero-order chi connectivity index (χ0) is 23.8. The molecule has 0 spiro atoms. The van der Waals surface area contributed by atoms with E-state index in [4.69, 9.17) is 0 Å². The number of carbonyl (C=O) groups excluding carboxylic acids is 2. The molecule has 0 radical (unpaired) electrons. The Labute approximate surface area is 195 Å². The first-order valence-electron chi connectivity index (χ1n) is 11.5. The van der Waals surface area contributed by atoms with Gasteiger partial charge in [-0.05, 0) is 74.9 Å². The number of anilines is 2. The third-order valence-electron chi connectivity index (χ3n) is 6.65. The number of piperidine rings is 1. The zero-order valence-electron chi connectivity index (χ0n) is 19.4. The van der Waals surface area contributed by atoms with E-state index in [9.17, 15) is 18.0 Å². The maximum atomic E-state index is 13.3. The second-order valence-corrected chi connectivity index (χ2v) is 11.0. The Kier molecular flexibility index (Phi) is 6.59. The minimum atomic E-state index is -3.65. The number of hydrogen-bond acceptors (Lipinski definition) is 4. The van der Waals surface area contributed by atoms with E-state index in [1.807, 2.05) is 32.0 Å². The average Bonchev–Trinajstić information content (AvgIpc) is 2.80. The first kappa shape index (κ1) is 23.4. The monoisotopic (exact) mass is 469 g/mol. The fourth-order valence-corrected chi connectivity index (χ4v) is 6.28. The third kappa shape index (κ3) is 4.82. The SMILES string of the molecule is CC(=O)N1CCCc2cc(S(=O)(=O)N3CCC(C(=O)Nc4ccc(C)cc4C)CC3)ccc21. The van der Waals surface area contributed by atoms with Crippen LogP contribution in [0.3, 0.4) is 0 Å². The highest BCUT2D eigenvalue weighted by atomic mass is 32.2. The van der Waals surface area contributed by atoms with E-state index in [0.29, 0.717) is 32.5 Å². The molecule has 0 bridgehead atoms. The Bertz CT molecular complexity index is 1180. The van der Waals surface area contributed by atoms with Crippen LogP contribution in [0.1, 0.15) is 42.9 Å². The Morgan fingerprint density at radius 3 is 2.39 bits per heavy atom. The van der Waals surface area contributed by atoms with Crippen molar-refractivity contribution in [3.05, 3.63) is 53.1 Å². The molecule has 8 heteroatoms. The van der Waals surface area contributed by atoms with Crippen molar-refractivity contribution in [2.45, 2.75) is 51.3 Å². The fraction of sp³-hybridized carbons (Fsp3) is 0.440. The summed E-state index contributed by atoms with van der Waals surface area (Å²) in [4.78, 5) is 26.6. The standard InChI is InChI=1S/C25H31N3O4S/c1-17-6-8-23(18(2)15-17)26-25(30)20-10-13-27(14-11-20)33(31,32)22-7-9-24-21(16-22)5-4-12-28(24)19(3)29/h6-9,15-16,20H,4-5,10-14H2,1-3H3,(H,26,30). The Balaban J connectivity index is 1.43. The number of sulfonamides is 1. The molecule has 0 atom stereocenters. The lowest BCUT2D eigenvalue weighted by atomic mass is 9.97. The number of fused-ring (bicyclic) bond motifs is 1. The van der Waals surface area contributed by atoms with Gasteiger partial charge in [-0.15, -0.1) is 0 Å². The molecular formula is C25H31N3O4S. The topological polar surface area (TPSA) is 86.8 Å². The van der Waals surface area contributed by atoms with Gasteiger partial charge in [-0.1, -0.05) is 17.7 Å². The molecule has 2 aliphatic heterocycles. The summed E-state index contributed by atoms with van der Waals surface area (Å²) in [6.45, 7) is 6.78. The second-order valence-electron chi connectivity index (χ2n) is 9.05. The molecule has 7 nitrogen and oxygen atoms in total. The second kappa shape index (κ2) is 9.27. The van der Waals surface area contributed by atoms with E-state index in [0.717, 1.165) is 40.9 Å². The van der Waals surface area contributed by atoms with E-state index in [-0.39, 0.29) is 22.6 Å². The van der Waals surface area contributed by atoms with Crippen molar-refractivity contribution < 1.29 is 18.0 Å². The average molecular weight is 470 g/mol. The van der Waals surface area contributed by atoms with Gasteiger partial charge in [0.05, 0.1) is 4.90 Å². The molecule has 0 unspecified atom stereocenters. The van der Waals surface area contributed by atoms with E-state index in [2.05, 4.69) is 5.32 Å². The molecule has 0 saturated carbocycles.